The van der Waals surface area contributed by atoms with Crippen molar-refractivity contribution in [2.45, 2.75) is 45.9 Å². The molecule has 1 heterocycles. The Labute approximate surface area is 192 Å². The number of aliphatic hydroxyl groups is 1. The number of benzene rings is 2. The highest BCUT2D eigenvalue weighted by Crippen LogP contribution is 2.24. The van der Waals surface area contributed by atoms with Gasteiger partial charge in [0.05, 0.1) is 6.61 Å². The number of hydrogen-bond acceptors (Lipinski definition) is 7. The predicted octanol–water partition coefficient (Wildman–Crippen LogP) is 3.93. The predicted molar refractivity (Wildman–Crippen MR) is 121 cm³/mol. The summed E-state index contributed by atoms with van der Waals surface area (Å²) in [5.41, 5.74) is 2.21. The molecule has 0 saturated carbocycles. The van der Waals surface area contributed by atoms with Crippen LogP contribution >= 0.6 is 0 Å². The number of aromatic nitrogens is 2. The molecule has 1 aromatic heterocycles. The molecule has 0 aliphatic carbocycles. The van der Waals surface area contributed by atoms with Gasteiger partial charge in [-0.25, -0.2) is 4.79 Å². The van der Waals surface area contributed by atoms with Gasteiger partial charge in [-0.2, -0.15) is 0 Å². The van der Waals surface area contributed by atoms with Crippen LogP contribution in [-0.4, -0.2) is 27.3 Å². The molecule has 3 rings (SSSR count). The van der Waals surface area contributed by atoms with Gasteiger partial charge < -0.3 is 24.9 Å². The highest BCUT2D eigenvalue weighted by atomic mass is 16.5. The Kier molecular flexibility index (Phi) is 8.15. The third kappa shape index (κ3) is 6.63. The third-order valence-electron chi connectivity index (χ3n) is 5.04. The third-order valence-corrected chi connectivity index (χ3v) is 5.04. The summed E-state index contributed by atoms with van der Waals surface area (Å²) in [6, 6.07) is 15.6. The zero-order valence-corrected chi connectivity index (χ0v) is 18.8. The minimum Gasteiger partial charge on any atom is -0.445 e. The molecule has 0 aliphatic heterocycles. The van der Waals surface area contributed by atoms with Crippen molar-refractivity contribution in [3.8, 4) is 0 Å². The summed E-state index contributed by atoms with van der Waals surface area (Å²) in [6.45, 7) is 5.53. The number of ether oxygens (including phenoxy) is 1. The summed E-state index contributed by atoms with van der Waals surface area (Å²) in [5.74, 6) is -0.750. The van der Waals surface area contributed by atoms with Gasteiger partial charge in [-0.3, -0.25) is 4.79 Å². The van der Waals surface area contributed by atoms with Crippen molar-refractivity contribution in [2.24, 2.45) is 5.92 Å². The van der Waals surface area contributed by atoms with E-state index in [9.17, 15) is 9.59 Å². The average Bonchev–Trinajstić information content (AvgIpc) is 3.31. The van der Waals surface area contributed by atoms with Gasteiger partial charge >= 0.3 is 6.09 Å². The zero-order valence-electron chi connectivity index (χ0n) is 18.8. The fraction of sp³-hybridized carbons (Fsp3) is 0.333. The van der Waals surface area contributed by atoms with E-state index in [0.29, 0.717) is 5.69 Å². The molecule has 2 atom stereocenters. The topological polar surface area (TPSA) is 127 Å². The van der Waals surface area contributed by atoms with E-state index in [1.807, 2.05) is 44.2 Å². The molecular formula is C24H28N4O5. The van der Waals surface area contributed by atoms with E-state index in [1.165, 1.54) is 0 Å². The Morgan fingerprint density at radius 1 is 0.970 bits per heavy atom. The fourth-order valence-corrected chi connectivity index (χ4v) is 3.01. The van der Waals surface area contributed by atoms with Gasteiger partial charge in [0, 0.05) is 5.69 Å². The van der Waals surface area contributed by atoms with Gasteiger partial charge in [0.25, 0.3) is 0 Å². The number of aliphatic hydroxyl groups excluding tert-OH is 1. The monoisotopic (exact) mass is 452 g/mol. The Hall–Kier alpha value is -3.72. The number of anilines is 1. The first-order valence-corrected chi connectivity index (χ1v) is 10.7. The molecule has 2 amide bonds. The Balaban J connectivity index is 1.61. The van der Waals surface area contributed by atoms with Crippen LogP contribution in [0.25, 0.3) is 0 Å². The zero-order chi connectivity index (χ0) is 23.8. The number of nitrogens with one attached hydrogen (secondary N) is 2. The van der Waals surface area contributed by atoms with Crippen molar-refractivity contribution in [1.29, 1.82) is 0 Å². The Morgan fingerprint density at radius 3 is 2.27 bits per heavy atom. The van der Waals surface area contributed by atoms with Crippen LogP contribution in [0, 0.1) is 5.92 Å². The largest absolute Gasteiger partial charge is 0.445 e. The van der Waals surface area contributed by atoms with E-state index in [0.717, 1.165) is 11.1 Å². The van der Waals surface area contributed by atoms with Gasteiger partial charge in [-0.15, -0.1) is 10.2 Å². The summed E-state index contributed by atoms with van der Waals surface area (Å²) < 4.78 is 11.0. The van der Waals surface area contributed by atoms with Crippen LogP contribution in [0.5, 0.6) is 0 Å². The first-order chi connectivity index (χ1) is 15.9. The standard InChI is InChI=1S/C24H28N4O5/c1-15(2)20(26-24(31)32-14-18-7-5-4-6-8-18)23-28-27-22(33-23)16(3)21(30)25-19-11-9-17(13-29)10-12-19/h4-12,15-16,20,29H,13-14H2,1-3H3,(H,25,30)(H,26,31)/t16?,20-/m0/s1. The molecule has 0 bridgehead atoms. The molecule has 2 aromatic carbocycles. The quantitative estimate of drug-likeness (QED) is 0.449. The summed E-state index contributed by atoms with van der Waals surface area (Å²) in [4.78, 5) is 24.9. The highest BCUT2D eigenvalue weighted by Gasteiger charge is 2.28. The number of nitrogens with zero attached hydrogens (tertiary/aromatic N) is 2. The minimum atomic E-state index is -0.707. The Bertz CT molecular complexity index is 1050. The Morgan fingerprint density at radius 2 is 1.64 bits per heavy atom. The molecule has 9 nitrogen and oxygen atoms in total. The fourth-order valence-electron chi connectivity index (χ4n) is 3.01. The van der Waals surface area contributed by atoms with Crippen LogP contribution in [0.3, 0.4) is 0 Å². The average molecular weight is 453 g/mol. The van der Waals surface area contributed by atoms with Crippen molar-refractivity contribution in [1.82, 2.24) is 15.5 Å². The van der Waals surface area contributed by atoms with Crippen LogP contribution in [0.15, 0.2) is 59.0 Å². The second-order valence-electron chi connectivity index (χ2n) is 7.97. The summed E-state index contributed by atoms with van der Waals surface area (Å²) in [5, 5.41) is 22.7. The van der Waals surface area contributed by atoms with Crippen molar-refractivity contribution >= 4 is 17.7 Å². The lowest BCUT2D eigenvalue weighted by atomic mass is 10.1. The maximum atomic E-state index is 12.6. The maximum absolute atomic E-state index is 12.6. The lowest BCUT2D eigenvalue weighted by Crippen LogP contribution is -2.32. The molecule has 0 aliphatic rings. The van der Waals surface area contributed by atoms with Crippen LogP contribution < -0.4 is 10.6 Å². The van der Waals surface area contributed by atoms with Crippen LogP contribution in [0.1, 0.15) is 55.6 Å². The van der Waals surface area contributed by atoms with E-state index < -0.39 is 18.1 Å². The van der Waals surface area contributed by atoms with Crippen molar-refractivity contribution < 1.29 is 23.8 Å². The van der Waals surface area contributed by atoms with Gasteiger partial charge in [0.1, 0.15) is 18.6 Å². The second kappa shape index (κ2) is 11.2. The summed E-state index contributed by atoms with van der Waals surface area (Å²) in [7, 11) is 0. The number of amides is 2. The molecule has 0 spiro atoms. The first kappa shape index (κ1) is 23.9. The van der Waals surface area contributed by atoms with E-state index in [1.54, 1.807) is 31.2 Å². The van der Waals surface area contributed by atoms with Gasteiger partial charge in [0.2, 0.25) is 17.7 Å². The molecule has 3 N–H and O–H groups in total. The van der Waals surface area contributed by atoms with Crippen LogP contribution in [-0.2, 0) is 22.7 Å². The lowest BCUT2D eigenvalue weighted by Gasteiger charge is -2.18. The van der Waals surface area contributed by atoms with E-state index in [-0.39, 0.29) is 36.8 Å². The summed E-state index contributed by atoms with van der Waals surface area (Å²) in [6.07, 6.45) is -0.602. The van der Waals surface area contributed by atoms with E-state index >= 15 is 0 Å². The van der Waals surface area contributed by atoms with Gasteiger partial charge in [0.15, 0.2) is 0 Å². The molecule has 174 valence electrons. The van der Waals surface area contributed by atoms with Crippen molar-refractivity contribution in [3.63, 3.8) is 0 Å². The number of rotatable bonds is 9. The first-order valence-electron chi connectivity index (χ1n) is 10.7. The molecule has 33 heavy (non-hydrogen) atoms. The van der Waals surface area contributed by atoms with E-state index in [2.05, 4.69) is 20.8 Å². The number of carbonyl (C=O) groups is 2. The second-order valence-corrected chi connectivity index (χ2v) is 7.97. The number of alkyl carbamates (subject to hydrolysis) is 1. The molecule has 0 saturated heterocycles. The summed E-state index contributed by atoms with van der Waals surface area (Å²) >= 11 is 0. The molecule has 1 unspecified atom stereocenters. The molecule has 0 fully saturated rings. The highest BCUT2D eigenvalue weighted by molar-refractivity contribution is 5.94. The number of hydrogen-bond donors (Lipinski definition) is 3. The number of carbonyl (C=O) groups excluding carboxylic acids is 2. The minimum absolute atomic E-state index is 0.0586. The SMILES string of the molecule is CC(C(=O)Nc1ccc(CO)cc1)c1nnc([C@@H](NC(=O)OCc2ccccc2)C(C)C)o1. The molecule has 9 heteroatoms. The van der Waals surface area contributed by atoms with Crippen molar-refractivity contribution in [3.05, 3.63) is 77.5 Å². The van der Waals surface area contributed by atoms with Crippen LogP contribution in [0.4, 0.5) is 10.5 Å². The molecule has 0 radical (unpaired) electrons. The lowest BCUT2D eigenvalue weighted by molar-refractivity contribution is -0.117. The van der Waals surface area contributed by atoms with Crippen LogP contribution in [0.2, 0.25) is 0 Å². The smallest absolute Gasteiger partial charge is 0.408 e. The van der Waals surface area contributed by atoms with Crippen molar-refractivity contribution in [2.75, 3.05) is 5.32 Å². The maximum Gasteiger partial charge on any atom is 0.408 e. The molecule has 3 aromatic rings. The normalized spacial score (nSPS) is 12.8. The van der Waals surface area contributed by atoms with Gasteiger partial charge in [-0.1, -0.05) is 56.3 Å². The van der Waals surface area contributed by atoms with E-state index in [4.69, 9.17) is 14.3 Å². The van der Waals surface area contributed by atoms with Gasteiger partial charge in [-0.05, 0) is 36.1 Å². The molecular weight excluding hydrogens is 424 g/mol.